The van der Waals surface area contributed by atoms with Crippen LogP contribution in [0.25, 0.3) is 16.0 Å². The van der Waals surface area contributed by atoms with E-state index in [1.54, 1.807) is 40.0 Å². The van der Waals surface area contributed by atoms with Gasteiger partial charge < -0.3 is 19.2 Å². The van der Waals surface area contributed by atoms with E-state index in [9.17, 15) is 14.4 Å². The number of cyclic esters (lactones) is 1. The Morgan fingerprint density at radius 1 is 1.23 bits per heavy atom. The second-order valence-corrected chi connectivity index (χ2v) is 10.1. The number of carbonyl (C=O) groups is 3. The quantitative estimate of drug-likeness (QED) is 0.327. The minimum absolute atomic E-state index is 0.0609. The van der Waals surface area contributed by atoms with Gasteiger partial charge in [-0.3, -0.25) is 19.5 Å². The molecular formula is C27H24FN7O5. The number of fused-ring (bicyclic) bond motifs is 1. The standard InChI is InChI=1S/C27H24FN7O5/c1-16(36)39-15-25(37)33-13-21-22(14-33)27(21,29-2)24-6-3-17(10-30-24)20-5-4-18(9-23(20)28)35-12-19(40-26(35)38)11-34-8-7-31-32-34/h3-10,19,21-22H,11-15H2,1H3/t19-,21-,22+,27?/m0/s1. The molecule has 1 unspecified atom stereocenters. The first-order valence-corrected chi connectivity index (χ1v) is 12.7. The van der Waals surface area contributed by atoms with Gasteiger partial charge in [-0.05, 0) is 24.3 Å². The van der Waals surface area contributed by atoms with Crippen LogP contribution < -0.4 is 4.90 Å². The molecule has 0 N–H and O–H groups in total. The van der Waals surface area contributed by atoms with Gasteiger partial charge in [0.1, 0.15) is 17.6 Å². The zero-order valence-electron chi connectivity index (χ0n) is 21.4. The van der Waals surface area contributed by atoms with E-state index in [2.05, 4.69) is 20.1 Å². The fourth-order valence-electron chi connectivity index (χ4n) is 5.73. The van der Waals surface area contributed by atoms with Crippen molar-refractivity contribution in [3.05, 3.63) is 71.9 Å². The van der Waals surface area contributed by atoms with Crippen LogP contribution in [-0.2, 0) is 31.1 Å². The van der Waals surface area contributed by atoms with Crippen molar-refractivity contribution in [2.45, 2.75) is 25.1 Å². The van der Waals surface area contributed by atoms with Crippen molar-refractivity contribution < 1.29 is 28.2 Å². The molecular weight excluding hydrogens is 521 g/mol. The number of pyridine rings is 1. The third kappa shape index (κ3) is 4.31. The number of amides is 2. The van der Waals surface area contributed by atoms with Gasteiger partial charge in [0.25, 0.3) is 11.4 Å². The first-order chi connectivity index (χ1) is 19.3. The van der Waals surface area contributed by atoms with E-state index in [0.717, 1.165) is 0 Å². The summed E-state index contributed by atoms with van der Waals surface area (Å²) in [7, 11) is 0. The van der Waals surface area contributed by atoms with Crippen LogP contribution in [0.5, 0.6) is 0 Å². The molecule has 2 amide bonds. The lowest BCUT2D eigenvalue weighted by Gasteiger charge is -2.20. The minimum Gasteiger partial charge on any atom is -0.456 e. The molecule has 13 heteroatoms. The lowest BCUT2D eigenvalue weighted by molar-refractivity contribution is -0.150. The first-order valence-electron chi connectivity index (χ1n) is 12.7. The Labute approximate surface area is 228 Å². The molecule has 204 valence electrons. The topological polar surface area (TPSA) is 124 Å². The van der Waals surface area contributed by atoms with E-state index in [4.69, 9.17) is 16.0 Å². The predicted octanol–water partition coefficient (Wildman–Crippen LogP) is 2.27. The zero-order chi connectivity index (χ0) is 28.0. The van der Waals surface area contributed by atoms with Gasteiger partial charge in [-0.1, -0.05) is 11.3 Å². The van der Waals surface area contributed by atoms with E-state index in [0.29, 0.717) is 42.1 Å². The second-order valence-electron chi connectivity index (χ2n) is 10.1. The average molecular weight is 546 g/mol. The number of halogens is 1. The molecule has 1 aliphatic carbocycles. The molecule has 1 saturated carbocycles. The summed E-state index contributed by atoms with van der Waals surface area (Å²) >= 11 is 0. The van der Waals surface area contributed by atoms with Crippen LogP contribution in [0.4, 0.5) is 14.9 Å². The fourth-order valence-corrected chi connectivity index (χ4v) is 5.73. The number of esters is 1. The number of rotatable bonds is 7. The maximum absolute atomic E-state index is 15.2. The highest BCUT2D eigenvalue weighted by Gasteiger charge is 2.78. The van der Waals surface area contributed by atoms with Crippen molar-refractivity contribution in [3.63, 3.8) is 0 Å². The van der Waals surface area contributed by atoms with E-state index < -0.39 is 29.5 Å². The maximum Gasteiger partial charge on any atom is 0.414 e. The largest absolute Gasteiger partial charge is 0.456 e. The first kappa shape index (κ1) is 25.4. The van der Waals surface area contributed by atoms with Crippen LogP contribution in [0.2, 0.25) is 0 Å². The Hall–Kier alpha value is -4.86. The van der Waals surface area contributed by atoms with E-state index in [-0.39, 0.29) is 30.9 Å². The number of benzene rings is 1. The van der Waals surface area contributed by atoms with Crippen LogP contribution in [0, 0.1) is 24.2 Å². The van der Waals surface area contributed by atoms with Crippen LogP contribution >= 0.6 is 0 Å². The van der Waals surface area contributed by atoms with Gasteiger partial charge in [0, 0.05) is 43.5 Å². The van der Waals surface area contributed by atoms with Gasteiger partial charge in [-0.15, -0.1) is 5.10 Å². The number of hydrogen-bond acceptors (Lipinski definition) is 8. The van der Waals surface area contributed by atoms with Gasteiger partial charge in [0.2, 0.25) is 0 Å². The van der Waals surface area contributed by atoms with Gasteiger partial charge >= 0.3 is 12.1 Å². The van der Waals surface area contributed by atoms with Crippen LogP contribution in [0.1, 0.15) is 12.6 Å². The van der Waals surface area contributed by atoms with Crippen molar-refractivity contribution in [1.29, 1.82) is 0 Å². The summed E-state index contributed by atoms with van der Waals surface area (Å²) < 4.78 is 27.0. The van der Waals surface area contributed by atoms with E-state index >= 15 is 4.39 Å². The molecule has 2 aromatic heterocycles. The summed E-state index contributed by atoms with van der Waals surface area (Å²) in [5.74, 6) is -1.44. The molecule has 0 bridgehead atoms. The van der Waals surface area contributed by atoms with Gasteiger partial charge in [-0.2, -0.15) is 0 Å². The fraction of sp³-hybridized carbons (Fsp3) is 0.370. The second kappa shape index (κ2) is 9.71. The number of ether oxygens (including phenoxy) is 2. The molecule has 3 aromatic rings. The van der Waals surface area contributed by atoms with Crippen LogP contribution in [0.3, 0.4) is 0 Å². The Morgan fingerprint density at radius 3 is 2.65 bits per heavy atom. The highest BCUT2D eigenvalue weighted by Crippen LogP contribution is 2.64. The smallest absolute Gasteiger partial charge is 0.414 e. The number of hydrogen-bond donors (Lipinski definition) is 0. The third-order valence-electron chi connectivity index (χ3n) is 7.76. The number of nitrogens with zero attached hydrogens (tertiary/aromatic N) is 7. The maximum atomic E-state index is 15.2. The van der Waals surface area contributed by atoms with Crippen molar-refractivity contribution in [1.82, 2.24) is 24.9 Å². The molecule has 1 aromatic carbocycles. The highest BCUT2D eigenvalue weighted by molar-refractivity contribution is 5.90. The number of piperidine rings is 1. The van der Waals surface area contributed by atoms with Crippen molar-refractivity contribution in [2.24, 2.45) is 11.8 Å². The minimum atomic E-state index is -0.821. The summed E-state index contributed by atoms with van der Waals surface area (Å²) in [4.78, 5) is 47.1. The van der Waals surface area contributed by atoms with Crippen molar-refractivity contribution >= 4 is 23.7 Å². The van der Waals surface area contributed by atoms with Crippen molar-refractivity contribution in [2.75, 3.05) is 31.1 Å². The molecule has 12 nitrogen and oxygen atoms in total. The van der Waals surface area contributed by atoms with E-state index in [1.165, 1.54) is 30.3 Å². The predicted molar refractivity (Wildman–Crippen MR) is 136 cm³/mol. The van der Waals surface area contributed by atoms with Crippen LogP contribution in [0.15, 0.2) is 48.9 Å². The summed E-state index contributed by atoms with van der Waals surface area (Å²) in [6.07, 6.45) is 3.74. The van der Waals surface area contributed by atoms with Gasteiger partial charge in [0.15, 0.2) is 6.61 Å². The molecule has 4 atom stereocenters. The Bertz CT molecular complexity index is 1510. The molecule has 0 radical (unpaired) electrons. The molecule has 3 fully saturated rings. The molecule has 6 rings (SSSR count). The Kier molecular flexibility index (Phi) is 6.17. The molecule has 40 heavy (non-hydrogen) atoms. The summed E-state index contributed by atoms with van der Waals surface area (Å²) in [5, 5.41) is 7.61. The van der Waals surface area contributed by atoms with Gasteiger partial charge in [-0.25, -0.2) is 20.4 Å². The number of aromatic nitrogens is 4. The highest BCUT2D eigenvalue weighted by atomic mass is 19.1. The number of carbonyl (C=O) groups excluding carboxylic acids is 3. The van der Waals surface area contributed by atoms with Crippen LogP contribution in [-0.4, -0.2) is 75.2 Å². The average Bonchev–Trinajstić information content (AvgIpc) is 3.45. The Balaban J connectivity index is 1.12. The molecule has 4 heterocycles. The molecule has 0 spiro atoms. The third-order valence-corrected chi connectivity index (χ3v) is 7.76. The lowest BCUT2D eigenvalue weighted by atomic mass is 10.0. The summed E-state index contributed by atoms with van der Waals surface area (Å²) in [6, 6.07) is 7.98. The molecule has 2 aliphatic heterocycles. The van der Waals surface area contributed by atoms with Gasteiger partial charge in [0.05, 0.1) is 36.8 Å². The molecule has 3 aliphatic rings. The monoisotopic (exact) mass is 545 g/mol. The zero-order valence-corrected chi connectivity index (χ0v) is 21.4. The number of anilines is 1. The summed E-state index contributed by atoms with van der Waals surface area (Å²) in [6.45, 7) is 10.2. The van der Waals surface area contributed by atoms with Crippen molar-refractivity contribution in [3.8, 4) is 11.1 Å². The Morgan fingerprint density at radius 2 is 2.02 bits per heavy atom. The van der Waals surface area contributed by atoms with E-state index in [1.807, 2.05) is 0 Å². The number of likely N-dealkylation sites (tertiary alicyclic amines) is 1. The SMILES string of the molecule is [C-]#[N+]C1(c2ccc(-c3ccc(N4C[C@H](Cn5ccnn5)OC4=O)cc3F)cn2)[C@@H]2CN(C(=O)COC(C)=O)C[C@@H]21. The lowest BCUT2D eigenvalue weighted by Crippen LogP contribution is -2.37. The molecule has 2 saturated heterocycles. The normalized spacial score (nSPS) is 24.8. The summed E-state index contributed by atoms with van der Waals surface area (Å²) in [5.41, 5.74) is 0.985.